The molecule has 0 atom stereocenters. The van der Waals surface area contributed by atoms with E-state index in [2.05, 4.69) is 47.8 Å². The molecule has 0 unspecified atom stereocenters. The predicted molar refractivity (Wildman–Crippen MR) is 34.5 cm³/mol. The van der Waals surface area contributed by atoms with E-state index in [0.29, 0.717) is 0 Å². The van der Waals surface area contributed by atoms with E-state index in [1.54, 1.807) is 0 Å². The van der Waals surface area contributed by atoms with Crippen molar-refractivity contribution in [3.63, 3.8) is 0 Å². The molecule has 2 nitrogen and oxygen atoms in total. The molecule has 0 aliphatic rings. The van der Waals surface area contributed by atoms with E-state index in [9.17, 15) is 9.90 Å². The first-order valence-electron chi connectivity index (χ1n) is 1.23. The Kier molecular flexibility index (Phi) is 8.95. The fraction of sp³-hybridized carbons (Fsp3) is 0.500. The minimum atomic E-state index is -1.26. The fourth-order valence-corrected chi connectivity index (χ4v) is 0. The summed E-state index contributed by atoms with van der Waals surface area (Å²) in [4.78, 5) is 9.77. The van der Waals surface area contributed by atoms with Crippen molar-refractivity contribution in [3.05, 3.63) is 0 Å². The second kappa shape index (κ2) is 5.38. The maximum Gasteiger partial charge on any atom is 1.00 e. The Morgan fingerprint density at radius 2 is 1.50 bits per heavy atom. The van der Waals surface area contributed by atoms with Gasteiger partial charge in [0.25, 0.3) is 0 Å². The molecule has 0 radical (unpaired) electrons. The molecule has 0 spiro atoms. The van der Waals surface area contributed by atoms with E-state index >= 15 is 0 Å². The van der Waals surface area contributed by atoms with E-state index in [4.69, 9.17) is 0 Å². The van der Waals surface area contributed by atoms with Gasteiger partial charge in [0.15, 0.2) is 2.14 Å². The minimum absolute atomic E-state index is 0. The summed E-state index contributed by atoms with van der Waals surface area (Å²) in [7, 11) is 0. The summed E-state index contributed by atoms with van der Waals surface area (Å²) < 4.78 is -1.26. The Bertz CT molecular complexity index is 87.8. The summed E-state index contributed by atoms with van der Waals surface area (Å²) in [6.07, 6.45) is 0. The Labute approximate surface area is 121 Å². The van der Waals surface area contributed by atoms with E-state index < -0.39 is 8.11 Å². The molecule has 42 valence electrons. The number of rotatable bonds is 0. The predicted octanol–water partition coefficient (Wildman–Crippen LogP) is -2.42. The molecule has 0 amide bonds. The van der Waals surface area contributed by atoms with Crippen molar-refractivity contribution in [1.82, 2.24) is 0 Å². The number of carbonyl (C=O) groups is 1. The van der Waals surface area contributed by atoms with Crippen LogP contribution in [0.5, 0.6) is 0 Å². The van der Waals surface area contributed by atoms with Gasteiger partial charge in [0.1, 0.15) is 0 Å². The summed E-state index contributed by atoms with van der Waals surface area (Å²) in [6.45, 7) is 0. The van der Waals surface area contributed by atoms with Crippen molar-refractivity contribution in [3.8, 4) is 0 Å². The maximum absolute atomic E-state index is 9.77. The molecular weight excluding hydrogens is 381 g/mol. The molecule has 0 rings (SSSR count). The van der Waals surface area contributed by atoms with Crippen molar-refractivity contribution in [2.24, 2.45) is 0 Å². The topological polar surface area (TPSA) is 40.1 Å². The van der Waals surface area contributed by atoms with Crippen LogP contribution in [0, 0.1) is 0 Å². The number of carboxylic acids is 1. The minimum Gasteiger partial charge on any atom is -0.547 e. The third kappa shape index (κ3) is 6.83. The van der Waals surface area contributed by atoms with Crippen LogP contribution in [0.3, 0.4) is 0 Å². The maximum atomic E-state index is 9.77. The van der Waals surface area contributed by atoms with Crippen molar-refractivity contribution >= 4 is 53.8 Å². The van der Waals surface area contributed by atoms with Crippen molar-refractivity contribution in [1.29, 1.82) is 0 Å². The second-order valence-electron chi connectivity index (χ2n) is 0.785. The standard InChI is InChI=1S/C2HBr3O2.Rb/c3-2(4,5)1(6)7;/h(H,6,7);/q;+1/p-1. The van der Waals surface area contributed by atoms with Gasteiger partial charge in [-0.05, 0) is 0 Å². The average Bonchev–Trinajstić information content (AvgIpc) is 1.31. The average molecular weight is 381 g/mol. The van der Waals surface area contributed by atoms with Crippen molar-refractivity contribution in [2.45, 2.75) is 2.14 Å². The van der Waals surface area contributed by atoms with Gasteiger partial charge in [-0.15, -0.1) is 0 Å². The summed E-state index contributed by atoms with van der Waals surface area (Å²) in [5.41, 5.74) is 0. The number of halogens is 3. The van der Waals surface area contributed by atoms with Crippen LogP contribution in [0.4, 0.5) is 0 Å². The molecule has 0 aromatic heterocycles. The summed E-state index contributed by atoms with van der Waals surface area (Å²) in [5, 5.41) is 9.77. The quantitative estimate of drug-likeness (QED) is 0.439. The molecule has 0 aliphatic carbocycles. The summed E-state index contributed by atoms with van der Waals surface area (Å²) in [6, 6.07) is 0. The van der Waals surface area contributed by atoms with Gasteiger partial charge in [-0.1, -0.05) is 47.8 Å². The fourth-order valence-electron chi connectivity index (χ4n) is 0. The van der Waals surface area contributed by atoms with Crippen LogP contribution in [-0.4, -0.2) is 8.11 Å². The van der Waals surface area contributed by atoms with Gasteiger partial charge in [0.2, 0.25) is 0 Å². The molecule has 0 fully saturated rings. The van der Waals surface area contributed by atoms with Gasteiger partial charge in [0.05, 0.1) is 5.97 Å². The monoisotopic (exact) mass is 378 g/mol. The number of aliphatic carboxylic acids is 1. The Morgan fingerprint density at radius 1 is 1.38 bits per heavy atom. The molecule has 0 N–H and O–H groups in total. The van der Waals surface area contributed by atoms with Gasteiger partial charge >= 0.3 is 58.2 Å². The number of carboxylic acid groups (broad SMARTS) is 1. The number of hydrogen-bond donors (Lipinski definition) is 0. The van der Waals surface area contributed by atoms with Gasteiger partial charge < -0.3 is 9.90 Å². The molecule has 0 heterocycles. The Balaban J connectivity index is 0. The summed E-state index contributed by atoms with van der Waals surface area (Å²) in [5.74, 6) is -1.26. The van der Waals surface area contributed by atoms with Crippen LogP contribution >= 0.6 is 47.8 Å². The molecule has 0 bridgehead atoms. The zero-order chi connectivity index (χ0) is 6.08. The number of alkyl halides is 3. The number of hydrogen-bond acceptors (Lipinski definition) is 2. The normalized spacial score (nSPS) is 9.88. The van der Waals surface area contributed by atoms with Gasteiger partial charge in [-0.2, -0.15) is 0 Å². The van der Waals surface area contributed by atoms with Gasteiger partial charge in [-0.25, -0.2) is 0 Å². The second-order valence-corrected chi connectivity index (χ2v) is 7.55. The van der Waals surface area contributed by atoms with E-state index in [1.165, 1.54) is 0 Å². The number of carbonyl (C=O) groups excluding carboxylic acids is 1. The van der Waals surface area contributed by atoms with Crippen LogP contribution in [0.2, 0.25) is 0 Å². The smallest absolute Gasteiger partial charge is 0.547 e. The molecule has 0 saturated heterocycles. The van der Waals surface area contributed by atoms with Gasteiger partial charge in [-0.3, -0.25) is 0 Å². The molecule has 0 aliphatic heterocycles. The molecule has 0 aromatic carbocycles. The third-order valence-electron chi connectivity index (χ3n) is 0.231. The first kappa shape index (κ1) is 13.3. The SMILES string of the molecule is O=C([O-])C(Br)(Br)Br.[Rb+]. The zero-order valence-corrected chi connectivity index (χ0v) is 13.6. The molecule has 0 saturated carbocycles. The van der Waals surface area contributed by atoms with E-state index in [-0.39, 0.29) is 58.2 Å². The first-order valence-corrected chi connectivity index (χ1v) is 3.60. The summed E-state index contributed by atoms with van der Waals surface area (Å²) >= 11 is 8.14. The molecule has 6 heteroatoms. The van der Waals surface area contributed by atoms with Crippen LogP contribution in [0.25, 0.3) is 0 Å². The molecule has 8 heavy (non-hydrogen) atoms. The van der Waals surface area contributed by atoms with Gasteiger partial charge in [0, 0.05) is 0 Å². The van der Waals surface area contributed by atoms with E-state index in [1.807, 2.05) is 0 Å². The third-order valence-corrected chi connectivity index (χ3v) is 1.20. The van der Waals surface area contributed by atoms with Crippen molar-refractivity contribution < 1.29 is 68.1 Å². The Morgan fingerprint density at radius 3 is 1.50 bits per heavy atom. The van der Waals surface area contributed by atoms with Crippen LogP contribution in [-0.2, 0) is 4.79 Å². The van der Waals surface area contributed by atoms with E-state index in [0.717, 1.165) is 0 Å². The Hall–Kier alpha value is 2.72. The largest absolute Gasteiger partial charge is 1.00 e. The zero-order valence-electron chi connectivity index (χ0n) is 3.95. The van der Waals surface area contributed by atoms with Crippen LogP contribution in [0.15, 0.2) is 0 Å². The van der Waals surface area contributed by atoms with Crippen molar-refractivity contribution in [2.75, 3.05) is 0 Å². The first-order chi connectivity index (χ1) is 2.94. The van der Waals surface area contributed by atoms with Crippen LogP contribution in [0.1, 0.15) is 0 Å². The molecule has 0 aromatic rings. The van der Waals surface area contributed by atoms with Crippen LogP contribution < -0.4 is 63.3 Å². The molecular formula is C2Br3O2Rb.